The van der Waals surface area contributed by atoms with Gasteiger partial charge in [-0.05, 0) is 30.3 Å². The van der Waals surface area contributed by atoms with Crippen LogP contribution in [0.2, 0.25) is 0 Å². The van der Waals surface area contributed by atoms with Crippen molar-refractivity contribution in [2.24, 2.45) is 0 Å². The van der Waals surface area contributed by atoms with Gasteiger partial charge in [0.05, 0.1) is 19.8 Å². The van der Waals surface area contributed by atoms with Crippen LogP contribution in [0.3, 0.4) is 0 Å². The molecule has 2 aliphatic heterocycles. The summed E-state index contributed by atoms with van der Waals surface area (Å²) in [6, 6.07) is 7.98. The minimum absolute atomic E-state index is 0.118. The fraction of sp³-hybridized carbons (Fsp3) is 0.435. The number of hydrogen-bond donors (Lipinski definition) is 0. The van der Waals surface area contributed by atoms with Gasteiger partial charge >= 0.3 is 6.18 Å². The van der Waals surface area contributed by atoms with Crippen molar-refractivity contribution in [3.05, 3.63) is 42.0 Å². The first-order chi connectivity index (χ1) is 15.5. The topological polar surface area (TPSA) is 59.0 Å². The maximum absolute atomic E-state index is 12.3. The van der Waals surface area contributed by atoms with Gasteiger partial charge in [-0.15, -0.1) is 0 Å². The molecule has 4 rings (SSSR count). The van der Waals surface area contributed by atoms with Crippen molar-refractivity contribution >= 4 is 6.08 Å². The van der Waals surface area contributed by atoms with Crippen LogP contribution in [-0.2, 0) is 9.47 Å². The van der Waals surface area contributed by atoms with E-state index in [1.54, 1.807) is 18.2 Å². The summed E-state index contributed by atoms with van der Waals surface area (Å²) in [4.78, 5) is 4.56. The lowest BCUT2D eigenvalue weighted by atomic mass is 10.1. The third-order valence-corrected chi connectivity index (χ3v) is 4.43. The van der Waals surface area contributed by atoms with Crippen molar-refractivity contribution in [1.29, 1.82) is 0 Å². The number of pyridine rings is 1. The summed E-state index contributed by atoms with van der Waals surface area (Å²) < 4.78 is 64.3. The maximum Gasteiger partial charge on any atom is 0.422 e. The highest BCUT2D eigenvalue weighted by atomic mass is 19.4. The molecule has 2 aromatic rings. The SMILES string of the molecule is CC.FC(F)(F)COc1ccc(-c2nc(OCC3COCCO3)cc3c2OCC=C3)cc1. The third-order valence-electron chi connectivity index (χ3n) is 4.43. The predicted octanol–water partition coefficient (Wildman–Crippen LogP) is 4.92. The number of ether oxygens (including phenoxy) is 5. The second-order valence-electron chi connectivity index (χ2n) is 6.75. The van der Waals surface area contributed by atoms with E-state index in [2.05, 4.69) is 4.98 Å². The Morgan fingerprint density at radius 1 is 1.09 bits per heavy atom. The van der Waals surface area contributed by atoms with Gasteiger partial charge < -0.3 is 23.7 Å². The molecule has 3 heterocycles. The maximum atomic E-state index is 12.3. The van der Waals surface area contributed by atoms with E-state index in [0.29, 0.717) is 55.9 Å². The van der Waals surface area contributed by atoms with Crippen molar-refractivity contribution in [1.82, 2.24) is 4.98 Å². The molecule has 1 atom stereocenters. The third kappa shape index (κ3) is 6.61. The van der Waals surface area contributed by atoms with E-state index >= 15 is 0 Å². The molecule has 1 unspecified atom stereocenters. The van der Waals surface area contributed by atoms with Crippen molar-refractivity contribution in [2.75, 3.05) is 39.6 Å². The summed E-state index contributed by atoms with van der Waals surface area (Å²) in [5, 5.41) is 0. The molecule has 0 radical (unpaired) electrons. The Bertz CT molecular complexity index is 894. The van der Waals surface area contributed by atoms with E-state index in [-0.39, 0.29) is 11.9 Å². The van der Waals surface area contributed by atoms with Crippen LogP contribution in [0.25, 0.3) is 17.3 Å². The average Bonchev–Trinajstić information content (AvgIpc) is 2.83. The Morgan fingerprint density at radius 2 is 1.88 bits per heavy atom. The van der Waals surface area contributed by atoms with E-state index in [0.717, 1.165) is 5.56 Å². The highest BCUT2D eigenvalue weighted by Crippen LogP contribution is 2.37. The van der Waals surface area contributed by atoms with Crippen LogP contribution in [0.4, 0.5) is 13.2 Å². The summed E-state index contributed by atoms with van der Waals surface area (Å²) in [6.07, 6.45) is -0.769. The highest BCUT2D eigenvalue weighted by molar-refractivity contribution is 5.75. The molecule has 1 fully saturated rings. The zero-order valence-corrected chi connectivity index (χ0v) is 18.0. The van der Waals surface area contributed by atoms with E-state index in [9.17, 15) is 13.2 Å². The van der Waals surface area contributed by atoms with E-state index < -0.39 is 12.8 Å². The number of alkyl halides is 3. The molecule has 2 aliphatic rings. The molecule has 0 saturated carbocycles. The predicted molar refractivity (Wildman–Crippen MR) is 113 cm³/mol. The number of nitrogens with zero attached hydrogens (tertiary/aromatic N) is 1. The molecule has 9 heteroatoms. The van der Waals surface area contributed by atoms with Crippen LogP contribution in [0.5, 0.6) is 17.4 Å². The molecule has 0 bridgehead atoms. The zero-order valence-electron chi connectivity index (χ0n) is 18.0. The Labute approximate surface area is 184 Å². The van der Waals surface area contributed by atoms with Crippen LogP contribution in [-0.4, -0.2) is 56.9 Å². The molecule has 0 amide bonds. The molecule has 0 N–H and O–H groups in total. The van der Waals surface area contributed by atoms with Gasteiger partial charge in [0.25, 0.3) is 0 Å². The van der Waals surface area contributed by atoms with Gasteiger partial charge in [0, 0.05) is 17.2 Å². The molecule has 174 valence electrons. The Hall–Kier alpha value is -2.78. The Balaban J connectivity index is 0.00000141. The van der Waals surface area contributed by atoms with Crippen molar-refractivity contribution in [3.8, 4) is 28.6 Å². The average molecular weight is 453 g/mol. The lowest BCUT2D eigenvalue weighted by Gasteiger charge is -2.23. The van der Waals surface area contributed by atoms with Gasteiger partial charge in [-0.25, -0.2) is 4.98 Å². The first-order valence-corrected chi connectivity index (χ1v) is 10.4. The number of aromatic nitrogens is 1. The van der Waals surface area contributed by atoms with Gasteiger partial charge in [-0.2, -0.15) is 13.2 Å². The second-order valence-corrected chi connectivity index (χ2v) is 6.75. The monoisotopic (exact) mass is 453 g/mol. The zero-order chi connectivity index (χ0) is 23.0. The van der Waals surface area contributed by atoms with Crippen molar-refractivity contribution < 1.29 is 36.9 Å². The number of hydrogen-bond acceptors (Lipinski definition) is 6. The van der Waals surface area contributed by atoms with E-state index in [1.165, 1.54) is 12.1 Å². The fourth-order valence-electron chi connectivity index (χ4n) is 3.07. The normalized spacial score (nSPS) is 17.5. The van der Waals surface area contributed by atoms with E-state index in [4.69, 9.17) is 23.7 Å². The van der Waals surface area contributed by atoms with Crippen LogP contribution in [0.15, 0.2) is 36.4 Å². The van der Waals surface area contributed by atoms with Gasteiger partial charge in [0.2, 0.25) is 5.88 Å². The molecule has 1 aromatic heterocycles. The molecule has 6 nitrogen and oxygen atoms in total. The minimum Gasteiger partial charge on any atom is -0.487 e. The second kappa shape index (κ2) is 11.2. The summed E-state index contributed by atoms with van der Waals surface area (Å²) in [5.41, 5.74) is 2.01. The molecular weight excluding hydrogens is 427 g/mol. The first-order valence-electron chi connectivity index (χ1n) is 10.4. The molecule has 0 spiro atoms. The van der Waals surface area contributed by atoms with Crippen LogP contribution < -0.4 is 14.2 Å². The number of halogens is 3. The highest BCUT2D eigenvalue weighted by Gasteiger charge is 2.28. The standard InChI is InChI=1S/C21H20F3NO5.C2H6/c22-21(23,24)13-30-16-5-3-14(4-6-16)19-20-15(2-1-7-28-20)10-18(25-19)29-12-17-11-26-8-9-27-17;1-2/h1-6,10,17H,7-9,11-13H2;1-2H3. The van der Waals surface area contributed by atoms with Crippen molar-refractivity contribution in [2.45, 2.75) is 26.1 Å². The fourth-order valence-corrected chi connectivity index (χ4v) is 3.07. The number of rotatable bonds is 6. The van der Waals surface area contributed by atoms with Gasteiger partial charge in [0.15, 0.2) is 12.4 Å². The molecule has 1 saturated heterocycles. The largest absolute Gasteiger partial charge is 0.487 e. The van der Waals surface area contributed by atoms with Gasteiger partial charge in [-0.1, -0.05) is 19.9 Å². The molecule has 32 heavy (non-hydrogen) atoms. The first kappa shape index (κ1) is 23.9. The Morgan fingerprint density at radius 3 is 2.56 bits per heavy atom. The molecule has 0 aliphatic carbocycles. The minimum atomic E-state index is -4.39. The van der Waals surface area contributed by atoms with Gasteiger partial charge in [-0.3, -0.25) is 0 Å². The summed E-state index contributed by atoms with van der Waals surface area (Å²) in [5.74, 6) is 1.10. The van der Waals surface area contributed by atoms with Crippen molar-refractivity contribution in [3.63, 3.8) is 0 Å². The quantitative estimate of drug-likeness (QED) is 0.619. The Kier molecular flexibility index (Phi) is 8.35. The molecule has 1 aromatic carbocycles. The van der Waals surface area contributed by atoms with Crippen LogP contribution in [0, 0.1) is 0 Å². The van der Waals surface area contributed by atoms with Crippen LogP contribution in [0.1, 0.15) is 19.4 Å². The number of benzene rings is 1. The van der Waals surface area contributed by atoms with Crippen LogP contribution >= 0.6 is 0 Å². The summed E-state index contributed by atoms with van der Waals surface area (Å²) in [6.45, 7) is 4.91. The smallest absolute Gasteiger partial charge is 0.422 e. The lowest BCUT2D eigenvalue weighted by molar-refractivity contribution is -0.153. The number of fused-ring (bicyclic) bond motifs is 1. The summed E-state index contributed by atoms with van der Waals surface area (Å²) in [7, 11) is 0. The van der Waals surface area contributed by atoms with E-state index in [1.807, 2.05) is 26.0 Å². The molecular formula is C23H26F3NO5. The summed E-state index contributed by atoms with van der Waals surface area (Å²) >= 11 is 0. The van der Waals surface area contributed by atoms with Gasteiger partial charge in [0.1, 0.15) is 30.8 Å². The lowest BCUT2D eigenvalue weighted by Crippen LogP contribution is -2.33.